The van der Waals surface area contributed by atoms with Gasteiger partial charge in [0.1, 0.15) is 0 Å². The van der Waals surface area contributed by atoms with Crippen LogP contribution < -0.4 is 10.4 Å². The molecule has 4 heteroatoms. The summed E-state index contributed by atoms with van der Waals surface area (Å²) in [4.78, 5) is 1.10. The van der Waals surface area contributed by atoms with Gasteiger partial charge in [-0.1, -0.05) is 112 Å². The van der Waals surface area contributed by atoms with Crippen LogP contribution in [0, 0.1) is 6.92 Å². The summed E-state index contributed by atoms with van der Waals surface area (Å²) in [5.74, 6) is 0. The van der Waals surface area contributed by atoms with E-state index in [1.165, 1.54) is 28.0 Å². The molecule has 1 unspecified atom stereocenters. The van der Waals surface area contributed by atoms with Crippen LogP contribution in [0.3, 0.4) is 0 Å². The average molecular weight is 451 g/mol. The van der Waals surface area contributed by atoms with Gasteiger partial charge in [-0.2, -0.15) is 0 Å². The van der Waals surface area contributed by atoms with Crippen LogP contribution in [0.2, 0.25) is 5.04 Å². The molecule has 0 saturated carbocycles. The van der Waals surface area contributed by atoms with E-state index in [2.05, 4.69) is 120 Å². The predicted molar refractivity (Wildman–Crippen MR) is 136 cm³/mol. The second kappa shape index (κ2) is 10.6. The fourth-order valence-corrected chi connectivity index (χ4v) is 9.20. The molecule has 0 aromatic heterocycles. The molecule has 0 heterocycles. The maximum atomic E-state index is 7.16. The standard InChI is InChI=1S/C27H34O2SSi/c1-6-13-26(28-30-23-20-18-22(2)19-21-23)29-31(27(3,4)5,24-14-9-7-10-15-24)25-16-11-8-12-17-25/h7-12,14-21,26H,6,13H2,1-5H3. The largest absolute Gasteiger partial charge is 0.382 e. The van der Waals surface area contributed by atoms with E-state index < -0.39 is 8.32 Å². The van der Waals surface area contributed by atoms with E-state index in [1.807, 2.05) is 0 Å². The first-order chi connectivity index (χ1) is 14.9. The first kappa shape index (κ1) is 23.8. The van der Waals surface area contributed by atoms with Crippen molar-refractivity contribution in [3.63, 3.8) is 0 Å². The SMILES string of the molecule is CCCC(OSc1ccc(C)cc1)O[Si](c1ccccc1)(c1ccccc1)C(C)(C)C. The van der Waals surface area contributed by atoms with Crippen LogP contribution in [0.4, 0.5) is 0 Å². The van der Waals surface area contributed by atoms with Gasteiger partial charge in [-0.25, -0.2) is 0 Å². The lowest BCUT2D eigenvalue weighted by molar-refractivity contribution is 0.00692. The number of rotatable bonds is 9. The lowest BCUT2D eigenvalue weighted by Crippen LogP contribution is -2.67. The molecule has 0 aliphatic carbocycles. The average Bonchev–Trinajstić information content (AvgIpc) is 2.77. The van der Waals surface area contributed by atoms with E-state index in [4.69, 9.17) is 8.61 Å². The van der Waals surface area contributed by atoms with E-state index in [1.54, 1.807) is 0 Å². The van der Waals surface area contributed by atoms with Crippen molar-refractivity contribution in [1.29, 1.82) is 0 Å². The summed E-state index contributed by atoms with van der Waals surface area (Å²) >= 11 is 1.42. The van der Waals surface area contributed by atoms with Crippen molar-refractivity contribution >= 4 is 30.7 Å². The zero-order chi connectivity index (χ0) is 22.3. The van der Waals surface area contributed by atoms with E-state index in [0.717, 1.165) is 17.7 Å². The molecule has 0 fully saturated rings. The van der Waals surface area contributed by atoms with Crippen LogP contribution in [0.1, 0.15) is 46.1 Å². The molecule has 0 aliphatic heterocycles. The van der Waals surface area contributed by atoms with Gasteiger partial charge in [-0.05, 0) is 40.9 Å². The molecule has 31 heavy (non-hydrogen) atoms. The Bertz CT molecular complexity index is 881. The molecule has 0 radical (unpaired) electrons. The third-order valence-electron chi connectivity index (χ3n) is 5.52. The zero-order valence-corrected chi connectivity index (χ0v) is 21.1. The summed E-state index contributed by atoms with van der Waals surface area (Å²) in [5, 5.41) is 2.48. The highest BCUT2D eigenvalue weighted by molar-refractivity contribution is 7.94. The smallest absolute Gasteiger partial charge is 0.264 e. The van der Waals surface area contributed by atoms with Gasteiger partial charge >= 0.3 is 0 Å². The van der Waals surface area contributed by atoms with Crippen LogP contribution in [0.15, 0.2) is 89.8 Å². The number of aryl methyl sites for hydroxylation is 1. The van der Waals surface area contributed by atoms with Crippen molar-refractivity contribution in [1.82, 2.24) is 0 Å². The van der Waals surface area contributed by atoms with Crippen molar-refractivity contribution in [3.8, 4) is 0 Å². The van der Waals surface area contributed by atoms with Crippen molar-refractivity contribution in [2.45, 2.75) is 63.7 Å². The first-order valence-electron chi connectivity index (χ1n) is 11.1. The van der Waals surface area contributed by atoms with Crippen LogP contribution in [0.25, 0.3) is 0 Å². The normalized spacial score (nSPS) is 13.2. The summed E-state index contributed by atoms with van der Waals surface area (Å²) in [6.45, 7) is 11.2. The van der Waals surface area contributed by atoms with E-state index in [9.17, 15) is 0 Å². The molecule has 3 aromatic carbocycles. The lowest BCUT2D eigenvalue weighted by Gasteiger charge is -2.44. The maximum absolute atomic E-state index is 7.16. The van der Waals surface area contributed by atoms with Gasteiger partial charge in [0.15, 0.2) is 6.29 Å². The van der Waals surface area contributed by atoms with Gasteiger partial charge in [0.05, 0.1) is 0 Å². The van der Waals surface area contributed by atoms with Crippen molar-refractivity contribution in [2.75, 3.05) is 0 Å². The molecular formula is C27H34O2SSi. The Morgan fingerprint density at radius 2 is 1.32 bits per heavy atom. The maximum Gasteiger partial charge on any atom is 0.264 e. The van der Waals surface area contributed by atoms with Crippen molar-refractivity contribution in [2.24, 2.45) is 0 Å². The fourth-order valence-electron chi connectivity index (χ4n) is 3.95. The summed E-state index contributed by atoms with van der Waals surface area (Å²) in [6.07, 6.45) is 1.56. The second-order valence-corrected chi connectivity index (χ2v) is 14.1. The predicted octanol–water partition coefficient (Wildman–Crippen LogP) is 6.72. The molecule has 2 nitrogen and oxygen atoms in total. The van der Waals surface area contributed by atoms with Crippen LogP contribution >= 0.6 is 12.0 Å². The monoisotopic (exact) mass is 450 g/mol. The van der Waals surface area contributed by atoms with Gasteiger partial charge in [-0.3, -0.25) is 4.18 Å². The Hall–Kier alpha value is -1.85. The third kappa shape index (κ3) is 5.69. The van der Waals surface area contributed by atoms with Gasteiger partial charge in [0, 0.05) is 16.9 Å². The molecule has 3 aromatic rings. The minimum atomic E-state index is -2.64. The highest BCUT2D eigenvalue weighted by atomic mass is 32.2. The van der Waals surface area contributed by atoms with E-state index in [0.29, 0.717) is 0 Å². The highest BCUT2D eigenvalue weighted by Crippen LogP contribution is 2.39. The molecule has 1 atom stereocenters. The van der Waals surface area contributed by atoms with Crippen molar-refractivity contribution < 1.29 is 8.61 Å². The summed E-state index contributed by atoms with van der Waals surface area (Å²) < 4.78 is 13.5. The number of benzene rings is 3. The highest BCUT2D eigenvalue weighted by Gasteiger charge is 2.51. The summed E-state index contributed by atoms with van der Waals surface area (Å²) in [7, 11) is -2.64. The Morgan fingerprint density at radius 3 is 1.77 bits per heavy atom. The number of hydrogen-bond donors (Lipinski definition) is 0. The van der Waals surface area contributed by atoms with Gasteiger partial charge in [0.25, 0.3) is 8.32 Å². The zero-order valence-electron chi connectivity index (χ0n) is 19.3. The molecule has 0 spiro atoms. The first-order valence-corrected chi connectivity index (χ1v) is 13.7. The summed E-state index contributed by atoms with van der Waals surface area (Å²) in [5.41, 5.74) is 1.25. The van der Waals surface area contributed by atoms with Gasteiger partial charge in [-0.15, -0.1) is 0 Å². The lowest BCUT2D eigenvalue weighted by atomic mass is 10.2. The van der Waals surface area contributed by atoms with Crippen LogP contribution in [-0.2, 0) is 8.61 Å². The topological polar surface area (TPSA) is 18.5 Å². The third-order valence-corrected chi connectivity index (χ3v) is 11.3. The molecule has 0 bridgehead atoms. The Balaban J connectivity index is 1.99. The second-order valence-electron chi connectivity index (χ2n) is 8.99. The van der Waals surface area contributed by atoms with Crippen LogP contribution in [-0.4, -0.2) is 14.6 Å². The molecular weight excluding hydrogens is 416 g/mol. The van der Waals surface area contributed by atoms with Crippen LogP contribution in [0.5, 0.6) is 0 Å². The van der Waals surface area contributed by atoms with E-state index >= 15 is 0 Å². The molecule has 3 rings (SSSR count). The molecule has 164 valence electrons. The Morgan fingerprint density at radius 1 is 0.806 bits per heavy atom. The minimum absolute atomic E-state index is 0.0699. The van der Waals surface area contributed by atoms with E-state index in [-0.39, 0.29) is 11.3 Å². The van der Waals surface area contributed by atoms with Gasteiger partial charge < -0.3 is 4.43 Å². The molecule has 0 saturated heterocycles. The molecule has 0 aliphatic rings. The Kier molecular flexibility index (Phi) is 8.17. The fraction of sp³-hybridized carbons (Fsp3) is 0.333. The number of hydrogen-bond acceptors (Lipinski definition) is 3. The van der Waals surface area contributed by atoms with Crippen molar-refractivity contribution in [3.05, 3.63) is 90.5 Å². The molecule has 0 N–H and O–H groups in total. The Labute approximate surface area is 193 Å². The van der Waals surface area contributed by atoms with Gasteiger partial charge in [0.2, 0.25) is 0 Å². The quantitative estimate of drug-likeness (QED) is 0.205. The molecule has 0 amide bonds. The minimum Gasteiger partial charge on any atom is -0.382 e. The summed E-state index contributed by atoms with van der Waals surface area (Å²) in [6, 6.07) is 29.9.